The van der Waals surface area contributed by atoms with Crippen molar-refractivity contribution in [3.63, 3.8) is 0 Å². The lowest BCUT2D eigenvalue weighted by atomic mass is 10.1. The number of rotatable bonds is 5. The summed E-state index contributed by atoms with van der Waals surface area (Å²) in [6.07, 6.45) is -3.76. The quantitative estimate of drug-likeness (QED) is 0.477. The second-order valence-electron chi connectivity index (χ2n) is 5.48. The number of alkyl halides is 3. The van der Waals surface area contributed by atoms with Crippen molar-refractivity contribution in [1.82, 2.24) is 9.78 Å². The largest absolute Gasteiger partial charge is 0.416 e. The Balaban J connectivity index is 2.53. The van der Waals surface area contributed by atoms with Crippen LogP contribution in [0.2, 0.25) is 0 Å². The van der Waals surface area contributed by atoms with Gasteiger partial charge in [-0.25, -0.2) is 0 Å². The molecular weight excluding hydrogens is 373 g/mol. The standard InChI is InChI=1S/C14H13F3N6O4/c1-7-10(8(2)21(3)20-7)6-18-19-13-11(22(24)25)4-9(14(15,16)17)5-12(13)23(26)27/h4-6,19H,1-3H3/b18-6-. The minimum Gasteiger partial charge on any atom is -0.272 e. The van der Waals surface area contributed by atoms with Crippen molar-refractivity contribution in [3.8, 4) is 0 Å². The van der Waals surface area contributed by atoms with Crippen molar-refractivity contribution in [2.45, 2.75) is 20.0 Å². The molecule has 0 atom stereocenters. The Hall–Kier alpha value is -3.51. The van der Waals surface area contributed by atoms with E-state index in [0.717, 1.165) is 0 Å². The molecule has 1 N–H and O–H groups in total. The number of nitrogens with zero attached hydrogens (tertiary/aromatic N) is 5. The summed E-state index contributed by atoms with van der Waals surface area (Å²) in [5.74, 6) is 0. The van der Waals surface area contributed by atoms with E-state index >= 15 is 0 Å². The van der Waals surface area contributed by atoms with E-state index in [1.165, 1.54) is 6.21 Å². The van der Waals surface area contributed by atoms with Crippen molar-refractivity contribution in [3.05, 3.63) is 54.9 Å². The van der Waals surface area contributed by atoms with Gasteiger partial charge in [-0.2, -0.15) is 23.4 Å². The second-order valence-corrected chi connectivity index (χ2v) is 5.48. The Labute approximate surface area is 149 Å². The molecule has 10 nitrogen and oxygen atoms in total. The number of nitro benzene ring substituents is 2. The molecule has 0 saturated carbocycles. The smallest absolute Gasteiger partial charge is 0.272 e. The van der Waals surface area contributed by atoms with Crippen LogP contribution in [-0.4, -0.2) is 25.8 Å². The summed E-state index contributed by atoms with van der Waals surface area (Å²) in [4.78, 5) is 20.0. The summed E-state index contributed by atoms with van der Waals surface area (Å²) in [6.45, 7) is 3.40. The summed E-state index contributed by atoms with van der Waals surface area (Å²) >= 11 is 0. The number of nitrogens with one attached hydrogen (secondary N) is 1. The SMILES string of the molecule is Cc1nn(C)c(C)c1/C=N\Nc1c([N+](=O)[O-])cc(C(F)(F)F)cc1[N+](=O)[O-]. The molecule has 1 aromatic heterocycles. The van der Waals surface area contributed by atoms with Gasteiger partial charge in [0.1, 0.15) is 0 Å². The zero-order valence-electron chi connectivity index (χ0n) is 14.2. The molecule has 0 bridgehead atoms. The maximum absolute atomic E-state index is 12.9. The topological polar surface area (TPSA) is 128 Å². The van der Waals surface area contributed by atoms with Crippen LogP contribution in [0.15, 0.2) is 17.2 Å². The van der Waals surface area contributed by atoms with Crippen molar-refractivity contribution in [2.24, 2.45) is 12.1 Å². The number of anilines is 1. The highest BCUT2D eigenvalue weighted by Gasteiger charge is 2.37. The monoisotopic (exact) mass is 386 g/mol. The van der Waals surface area contributed by atoms with Crippen LogP contribution in [-0.2, 0) is 13.2 Å². The molecule has 0 fully saturated rings. The van der Waals surface area contributed by atoms with Gasteiger partial charge in [0.15, 0.2) is 0 Å². The highest BCUT2D eigenvalue weighted by Crippen LogP contribution is 2.41. The lowest BCUT2D eigenvalue weighted by Crippen LogP contribution is -2.09. The van der Waals surface area contributed by atoms with Crippen LogP contribution in [0.4, 0.5) is 30.2 Å². The average molecular weight is 386 g/mol. The van der Waals surface area contributed by atoms with Gasteiger partial charge >= 0.3 is 17.6 Å². The van der Waals surface area contributed by atoms with Gasteiger partial charge in [-0.05, 0) is 13.8 Å². The molecule has 0 unspecified atom stereocenters. The second kappa shape index (κ2) is 7.01. The molecule has 0 aliphatic rings. The minimum atomic E-state index is -4.98. The third-order valence-corrected chi connectivity index (χ3v) is 3.75. The van der Waals surface area contributed by atoms with E-state index in [0.29, 0.717) is 17.0 Å². The van der Waals surface area contributed by atoms with E-state index in [2.05, 4.69) is 15.6 Å². The minimum absolute atomic E-state index is 0.214. The van der Waals surface area contributed by atoms with E-state index in [-0.39, 0.29) is 12.1 Å². The first-order valence-electron chi connectivity index (χ1n) is 7.26. The molecule has 0 radical (unpaired) electrons. The predicted molar refractivity (Wildman–Crippen MR) is 88.7 cm³/mol. The van der Waals surface area contributed by atoms with E-state index in [4.69, 9.17) is 0 Å². The van der Waals surface area contributed by atoms with Crippen LogP contribution in [0.5, 0.6) is 0 Å². The third-order valence-electron chi connectivity index (χ3n) is 3.75. The fourth-order valence-corrected chi connectivity index (χ4v) is 2.32. The van der Waals surface area contributed by atoms with Gasteiger partial charge in [-0.15, -0.1) is 0 Å². The number of hydrazone groups is 1. The summed E-state index contributed by atoms with van der Waals surface area (Å²) in [7, 11) is 1.68. The van der Waals surface area contributed by atoms with Gasteiger partial charge in [0.2, 0.25) is 5.69 Å². The first kappa shape index (κ1) is 19.8. The number of halogens is 3. The van der Waals surface area contributed by atoms with Gasteiger partial charge in [0, 0.05) is 30.4 Å². The van der Waals surface area contributed by atoms with Gasteiger partial charge in [0.25, 0.3) is 0 Å². The molecule has 0 amide bonds. The zero-order valence-corrected chi connectivity index (χ0v) is 14.2. The number of aromatic nitrogens is 2. The molecule has 2 aromatic rings. The number of nitro groups is 2. The molecule has 0 aliphatic carbocycles. The van der Waals surface area contributed by atoms with Gasteiger partial charge in [0.05, 0.1) is 27.3 Å². The average Bonchev–Trinajstić information content (AvgIpc) is 2.79. The first-order valence-corrected chi connectivity index (χ1v) is 7.26. The van der Waals surface area contributed by atoms with Crippen molar-refractivity contribution in [2.75, 3.05) is 5.43 Å². The van der Waals surface area contributed by atoms with Crippen LogP contribution in [0.1, 0.15) is 22.5 Å². The van der Waals surface area contributed by atoms with E-state index < -0.39 is 38.6 Å². The Morgan fingerprint density at radius 3 is 2.07 bits per heavy atom. The molecule has 27 heavy (non-hydrogen) atoms. The van der Waals surface area contributed by atoms with Gasteiger partial charge in [-0.1, -0.05) is 0 Å². The fourth-order valence-electron chi connectivity index (χ4n) is 2.32. The summed E-state index contributed by atoms with van der Waals surface area (Å²) < 4.78 is 40.2. The molecule has 0 spiro atoms. The Kier molecular flexibility index (Phi) is 5.14. The zero-order chi connectivity index (χ0) is 20.5. The lowest BCUT2D eigenvalue weighted by Gasteiger charge is -2.09. The van der Waals surface area contributed by atoms with Gasteiger partial charge < -0.3 is 0 Å². The molecule has 1 aromatic carbocycles. The van der Waals surface area contributed by atoms with Crippen LogP contribution >= 0.6 is 0 Å². The van der Waals surface area contributed by atoms with Crippen molar-refractivity contribution in [1.29, 1.82) is 0 Å². The summed E-state index contributed by atoms with van der Waals surface area (Å²) in [5, 5.41) is 30.1. The summed E-state index contributed by atoms with van der Waals surface area (Å²) in [5.41, 5.74) is -0.537. The molecule has 0 aliphatic heterocycles. The maximum atomic E-state index is 12.9. The maximum Gasteiger partial charge on any atom is 0.416 e. The number of aryl methyl sites for hydroxylation is 2. The predicted octanol–water partition coefficient (Wildman–Crippen LogP) is 3.32. The highest BCUT2D eigenvalue weighted by molar-refractivity contribution is 5.84. The van der Waals surface area contributed by atoms with Crippen molar-refractivity contribution >= 4 is 23.3 Å². The molecule has 1 heterocycles. The van der Waals surface area contributed by atoms with Crippen LogP contribution in [0.3, 0.4) is 0 Å². The molecular formula is C14H13F3N6O4. The number of benzene rings is 1. The van der Waals surface area contributed by atoms with Crippen LogP contribution in [0.25, 0.3) is 0 Å². The molecule has 0 saturated heterocycles. The first-order chi connectivity index (χ1) is 12.4. The Morgan fingerprint density at radius 2 is 1.70 bits per heavy atom. The Morgan fingerprint density at radius 1 is 1.19 bits per heavy atom. The fraction of sp³-hybridized carbons (Fsp3) is 0.286. The van der Waals surface area contributed by atoms with Crippen molar-refractivity contribution < 1.29 is 23.0 Å². The normalized spacial score (nSPS) is 11.8. The van der Waals surface area contributed by atoms with Crippen LogP contribution < -0.4 is 5.43 Å². The molecule has 2 rings (SSSR count). The van der Waals surface area contributed by atoms with E-state index in [1.54, 1.807) is 25.6 Å². The Bertz CT molecular complexity index is 916. The summed E-state index contributed by atoms with van der Waals surface area (Å²) in [6, 6.07) is 0.427. The number of hydrogen-bond acceptors (Lipinski definition) is 7. The number of hydrogen-bond donors (Lipinski definition) is 1. The van der Waals surface area contributed by atoms with E-state index in [9.17, 15) is 33.4 Å². The highest BCUT2D eigenvalue weighted by atomic mass is 19.4. The van der Waals surface area contributed by atoms with Crippen LogP contribution in [0, 0.1) is 34.1 Å². The molecule has 144 valence electrons. The van der Waals surface area contributed by atoms with E-state index in [1.807, 2.05) is 0 Å². The molecule has 13 heteroatoms. The lowest BCUT2D eigenvalue weighted by molar-refractivity contribution is -0.392. The third kappa shape index (κ3) is 4.02. The van der Waals surface area contributed by atoms with Gasteiger partial charge in [-0.3, -0.25) is 30.3 Å².